The van der Waals surface area contributed by atoms with E-state index in [1.807, 2.05) is 31.2 Å². The van der Waals surface area contributed by atoms with Crippen molar-refractivity contribution in [3.63, 3.8) is 0 Å². The lowest BCUT2D eigenvalue weighted by atomic mass is 10.2. The predicted molar refractivity (Wildman–Crippen MR) is 136 cm³/mol. The molecule has 5 nitrogen and oxygen atoms in total. The maximum Gasteiger partial charge on any atom is 0.283 e. The summed E-state index contributed by atoms with van der Waals surface area (Å²) in [5.41, 5.74) is 2.28. The Hall–Kier alpha value is -2.65. The van der Waals surface area contributed by atoms with Crippen molar-refractivity contribution in [1.29, 1.82) is 0 Å². The highest BCUT2D eigenvalue weighted by Gasteiger charge is 2.33. The zero-order valence-corrected chi connectivity index (χ0v) is 19.9. The Kier molecular flexibility index (Phi) is 6.66. The van der Waals surface area contributed by atoms with Gasteiger partial charge < -0.3 is 0 Å². The van der Waals surface area contributed by atoms with Crippen LogP contribution in [0, 0.1) is 17.0 Å². The van der Waals surface area contributed by atoms with Crippen LogP contribution in [0.3, 0.4) is 0 Å². The molecule has 0 radical (unpaired) electrons. The molecule has 0 unspecified atom stereocenters. The Morgan fingerprint density at radius 3 is 2.44 bits per heavy atom. The molecule has 3 aromatic carbocycles. The van der Waals surface area contributed by atoms with E-state index >= 15 is 0 Å². The van der Waals surface area contributed by atoms with Crippen LogP contribution in [0.15, 0.2) is 81.4 Å². The van der Waals surface area contributed by atoms with E-state index in [1.165, 1.54) is 22.7 Å². The van der Waals surface area contributed by atoms with Gasteiger partial charge in [-0.05, 0) is 61.0 Å². The Morgan fingerprint density at radius 2 is 1.78 bits per heavy atom. The average Bonchev–Trinajstić information content (AvgIpc) is 3.04. The van der Waals surface area contributed by atoms with Crippen molar-refractivity contribution in [2.45, 2.75) is 16.7 Å². The van der Waals surface area contributed by atoms with E-state index in [9.17, 15) is 14.9 Å². The van der Waals surface area contributed by atoms with E-state index < -0.39 is 4.92 Å². The van der Waals surface area contributed by atoms with Gasteiger partial charge in [0, 0.05) is 16.0 Å². The van der Waals surface area contributed by atoms with Crippen LogP contribution in [0.2, 0.25) is 5.02 Å². The number of rotatable bonds is 5. The minimum atomic E-state index is -0.410. The van der Waals surface area contributed by atoms with E-state index in [0.29, 0.717) is 30.4 Å². The van der Waals surface area contributed by atoms with Gasteiger partial charge in [0.1, 0.15) is 0 Å². The second kappa shape index (κ2) is 9.46. The molecule has 0 spiro atoms. The van der Waals surface area contributed by atoms with Gasteiger partial charge in [0.15, 0.2) is 4.32 Å². The third-order valence-electron chi connectivity index (χ3n) is 4.60. The minimum absolute atomic E-state index is 0.0162. The molecule has 0 bridgehead atoms. The van der Waals surface area contributed by atoms with Crippen LogP contribution in [0.1, 0.15) is 11.1 Å². The highest BCUT2D eigenvalue weighted by atomic mass is 35.5. The number of hydrogen-bond acceptors (Lipinski definition) is 6. The highest BCUT2D eigenvalue weighted by molar-refractivity contribution is 8.27. The summed E-state index contributed by atoms with van der Waals surface area (Å²) >= 11 is 13.8. The summed E-state index contributed by atoms with van der Waals surface area (Å²) in [6, 6.07) is 19.5. The molecule has 32 heavy (non-hydrogen) atoms. The van der Waals surface area contributed by atoms with Crippen LogP contribution in [0.25, 0.3) is 6.08 Å². The predicted octanol–water partition coefficient (Wildman–Crippen LogP) is 7.11. The Morgan fingerprint density at radius 1 is 1.09 bits per heavy atom. The van der Waals surface area contributed by atoms with Crippen LogP contribution in [-0.4, -0.2) is 15.2 Å². The number of carbonyl (C=O) groups is 1. The van der Waals surface area contributed by atoms with E-state index in [4.69, 9.17) is 23.8 Å². The van der Waals surface area contributed by atoms with Crippen LogP contribution >= 0.6 is 47.3 Å². The lowest BCUT2D eigenvalue weighted by Gasteiger charge is -2.14. The van der Waals surface area contributed by atoms with E-state index in [0.717, 1.165) is 22.2 Å². The zero-order chi connectivity index (χ0) is 22.8. The Bertz CT molecular complexity index is 1260. The second-order valence-corrected chi connectivity index (χ2v) is 10.1. The second-order valence-electron chi connectivity index (χ2n) is 6.89. The van der Waals surface area contributed by atoms with Crippen molar-refractivity contribution in [2.75, 3.05) is 4.90 Å². The molecule has 1 amide bonds. The largest absolute Gasteiger partial charge is 0.283 e. The standard InChI is InChI=1S/C23H15ClN2O3S3/c1-14-2-9-18(10-3-14)31-20-11-4-15(12-19(20)26(28)29)13-21-22(27)25(23(30)32-21)17-7-5-16(24)6-8-17/h2-13H,1H3. The van der Waals surface area contributed by atoms with Crippen LogP contribution in [0.5, 0.6) is 0 Å². The zero-order valence-electron chi connectivity index (χ0n) is 16.7. The molecule has 1 fully saturated rings. The van der Waals surface area contributed by atoms with Gasteiger partial charge in [-0.1, -0.05) is 71.1 Å². The number of anilines is 1. The first-order valence-electron chi connectivity index (χ1n) is 9.38. The summed E-state index contributed by atoms with van der Waals surface area (Å²) < 4.78 is 0.393. The van der Waals surface area contributed by atoms with Gasteiger partial charge in [0.05, 0.1) is 20.4 Å². The summed E-state index contributed by atoms with van der Waals surface area (Å²) in [5.74, 6) is -0.275. The molecule has 0 aliphatic carbocycles. The molecule has 3 aromatic rings. The summed E-state index contributed by atoms with van der Waals surface area (Å²) in [6.07, 6.45) is 1.63. The number of nitro benzene ring substituents is 1. The molecule has 1 heterocycles. The number of thioether (sulfide) groups is 1. The van der Waals surface area contributed by atoms with Crippen LogP contribution in [0.4, 0.5) is 11.4 Å². The third-order valence-corrected chi connectivity index (χ3v) is 7.23. The van der Waals surface area contributed by atoms with Gasteiger partial charge in [-0.3, -0.25) is 19.8 Å². The quantitative estimate of drug-likeness (QED) is 0.161. The van der Waals surface area contributed by atoms with Crippen LogP contribution < -0.4 is 4.90 Å². The number of nitrogens with zero attached hydrogens (tertiary/aromatic N) is 2. The molecule has 0 atom stereocenters. The van der Waals surface area contributed by atoms with Crippen molar-refractivity contribution in [1.82, 2.24) is 0 Å². The Labute approximate surface area is 203 Å². The lowest BCUT2D eigenvalue weighted by molar-refractivity contribution is -0.387. The summed E-state index contributed by atoms with van der Waals surface area (Å²) in [5, 5.41) is 12.3. The highest BCUT2D eigenvalue weighted by Crippen LogP contribution is 2.39. The molecular formula is C23H15ClN2O3S3. The number of halogens is 1. The van der Waals surface area contributed by atoms with Gasteiger partial charge in [0.25, 0.3) is 11.6 Å². The first-order chi connectivity index (χ1) is 15.3. The fourth-order valence-corrected chi connectivity index (χ4v) is 5.34. The molecule has 0 saturated carbocycles. The number of benzene rings is 3. The number of amides is 1. The number of nitro groups is 1. The Balaban J connectivity index is 1.62. The molecule has 1 saturated heterocycles. The third kappa shape index (κ3) is 4.88. The SMILES string of the molecule is Cc1ccc(Sc2ccc(C=C3SC(=S)N(c4ccc(Cl)cc4)C3=O)cc2[N+](=O)[O-])cc1. The van der Waals surface area contributed by atoms with E-state index in [-0.39, 0.29) is 11.6 Å². The number of thiocarbonyl (C=S) groups is 1. The van der Waals surface area contributed by atoms with Crippen molar-refractivity contribution < 1.29 is 9.72 Å². The fraction of sp³-hybridized carbons (Fsp3) is 0.0435. The topological polar surface area (TPSA) is 63.5 Å². The average molecular weight is 499 g/mol. The van der Waals surface area contributed by atoms with Gasteiger partial charge in [-0.25, -0.2) is 0 Å². The molecule has 1 aliphatic rings. The van der Waals surface area contributed by atoms with E-state index in [2.05, 4.69) is 0 Å². The molecular weight excluding hydrogens is 484 g/mol. The molecule has 4 rings (SSSR count). The molecule has 9 heteroatoms. The number of hydrogen-bond donors (Lipinski definition) is 0. The van der Waals surface area contributed by atoms with Gasteiger partial charge in [0.2, 0.25) is 0 Å². The molecule has 0 aromatic heterocycles. The summed E-state index contributed by atoms with van der Waals surface area (Å²) in [4.78, 5) is 27.5. The first kappa shape index (κ1) is 22.5. The maximum atomic E-state index is 12.9. The van der Waals surface area contributed by atoms with Crippen molar-refractivity contribution >= 4 is 75.0 Å². The van der Waals surface area contributed by atoms with Crippen molar-refractivity contribution in [3.8, 4) is 0 Å². The maximum absolute atomic E-state index is 12.9. The smallest absolute Gasteiger partial charge is 0.268 e. The normalized spacial score (nSPS) is 14.9. The van der Waals surface area contributed by atoms with E-state index in [1.54, 1.807) is 42.5 Å². The summed E-state index contributed by atoms with van der Waals surface area (Å²) in [6.45, 7) is 1.99. The summed E-state index contributed by atoms with van der Waals surface area (Å²) in [7, 11) is 0. The number of aryl methyl sites for hydroxylation is 1. The molecule has 0 N–H and O–H groups in total. The van der Waals surface area contributed by atoms with Gasteiger partial charge in [-0.15, -0.1) is 0 Å². The van der Waals surface area contributed by atoms with Crippen molar-refractivity contribution in [3.05, 3.63) is 97.9 Å². The molecule has 160 valence electrons. The van der Waals surface area contributed by atoms with Gasteiger partial charge >= 0.3 is 0 Å². The minimum Gasteiger partial charge on any atom is -0.268 e. The van der Waals surface area contributed by atoms with Gasteiger partial charge in [-0.2, -0.15) is 0 Å². The number of carbonyl (C=O) groups excluding carboxylic acids is 1. The molecule has 1 aliphatic heterocycles. The fourth-order valence-electron chi connectivity index (χ4n) is 3.02. The lowest BCUT2D eigenvalue weighted by Crippen LogP contribution is -2.27. The van der Waals surface area contributed by atoms with Crippen LogP contribution in [-0.2, 0) is 4.79 Å². The van der Waals surface area contributed by atoms with Crippen molar-refractivity contribution in [2.24, 2.45) is 0 Å². The first-order valence-corrected chi connectivity index (χ1v) is 11.8. The monoisotopic (exact) mass is 498 g/mol.